The first kappa shape index (κ1) is 16.6. The molecule has 2 aromatic rings. The van der Waals surface area contributed by atoms with E-state index in [4.69, 9.17) is 11.6 Å². The van der Waals surface area contributed by atoms with Crippen molar-refractivity contribution in [3.63, 3.8) is 0 Å². The van der Waals surface area contributed by atoms with Crippen LogP contribution in [-0.4, -0.2) is 15.9 Å². The number of hydrogen-bond donors (Lipinski definition) is 0. The molecular formula is C12H3ClF4N2O4. The van der Waals surface area contributed by atoms with Crippen LogP contribution in [-0.2, 0) is 0 Å². The van der Waals surface area contributed by atoms with Crippen LogP contribution in [0.15, 0.2) is 18.3 Å². The van der Waals surface area contributed by atoms with Crippen LogP contribution in [0.5, 0.6) is 5.75 Å². The molecule has 0 atom stereocenters. The fraction of sp³-hybridized carbons (Fsp3) is 0. The fourth-order valence-corrected chi connectivity index (χ4v) is 1.64. The van der Waals surface area contributed by atoms with E-state index in [0.29, 0.717) is 6.07 Å². The SMILES string of the molecule is O=C(Oc1c(F)c(F)cc(F)c1F)c1cnc(Cl)c([N+](=O)[O-])c1. The van der Waals surface area contributed by atoms with Gasteiger partial charge in [-0.3, -0.25) is 10.1 Å². The zero-order valence-electron chi connectivity index (χ0n) is 10.6. The molecule has 11 heteroatoms. The van der Waals surface area contributed by atoms with Crippen LogP contribution in [0.3, 0.4) is 0 Å². The first-order valence-electron chi connectivity index (χ1n) is 5.57. The molecule has 0 unspecified atom stereocenters. The quantitative estimate of drug-likeness (QED) is 0.161. The summed E-state index contributed by atoms with van der Waals surface area (Å²) in [5.74, 6) is -10.6. The molecule has 0 aliphatic heterocycles. The molecule has 0 spiro atoms. The van der Waals surface area contributed by atoms with Gasteiger partial charge in [0.1, 0.15) is 0 Å². The summed E-state index contributed by atoms with van der Waals surface area (Å²) in [6.45, 7) is 0. The summed E-state index contributed by atoms with van der Waals surface area (Å²) in [6, 6.07) is 0.555. The van der Waals surface area contributed by atoms with E-state index in [9.17, 15) is 32.5 Å². The van der Waals surface area contributed by atoms with Crippen molar-refractivity contribution in [3.8, 4) is 5.75 Å². The smallest absolute Gasteiger partial charge is 0.345 e. The van der Waals surface area contributed by atoms with E-state index >= 15 is 0 Å². The average molecular weight is 351 g/mol. The number of carbonyl (C=O) groups is 1. The minimum Gasteiger partial charge on any atom is -0.416 e. The minimum absolute atomic E-state index is 0.0727. The zero-order valence-corrected chi connectivity index (χ0v) is 11.4. The van der Waals surface area contributed by atoms with Gasteiger partial charge in [-0.05, 0) is 0 Å². The number of rotatable bonds is 3. The average Bonchev–Trinajstić information content (AvgIpc) is 2.49. The van der Waals surface area contributed by atoms with Crippen LogP contribution in [0.25, 0.3) is 0 Å². The van der Waals surface area contributed by atoms with Gasteiger partial charge in [0, 0.05) is 18.3 Å². The van der Waals surface area contributed by atoms with E-state index in [1.807, 2.05) is 0 Å². The predicted molar refractivity (Wildman–Crippen MR) is 67.1 cm³/mol. The van der Waals surface area contributed by atoms with Gasteiger partial charge in [0.2, 0.25) is 22.5 Å². The van der Waals surface area contributed by atoms with E-state index in [2.05, 4.69) is 9.72 Å². The minimum atomic E-state index is -1.94. The van der Waals surface area contributed by atoms with Crippen molar-refractivity contribution in [2.45, 2.75) is 0 Å². The van der Waals surface area contributed by atoms with Gasteiger partial charge in [0.25, 0.3) is 0 Å². The number of ether oxygens (including phenoxy) is 1. The Morgan fingerprint density at radius 1 is 1.17 bits per heavy atom. The van der Waals surface area contributed by atoms with Crippen molar-refractivity contribution in [1.29, 1.82) is 0 Å². The van der Waals surface area contributed by atoms with Crippen LogP contribution in [0.4, 0.5) is 23.2 Å². The molecule has 0 N–H and O–H groups in total. The molecule has 0 aliphatic rings. The van der Waals surface area contributed by atoms with Crippen LogP contribution in [0, 0.1) is 33.4 Å². The number of carbonyl (C=O) groups excluding carboxylic acids is 1. The van der Waals surface area contributed by atoms with Crippen molar-refractivity contribution < 1.29 is 32.0 Å². The maximum atomic E-state index is 13.4. The number of hydrogen-bond acceptors (Lipinski definition) is 5. The second-order valence-corrected chi connectivity index (χ2v) is 4.34. The van der Waals surface area contributed by atoms with Gasteiger partial charge >= 0.3 is 11.7 Å². The molecule has 0 saturated heterocycles. The number of benzene rings is 1. The van der Waals surface area contributed by atoms with E-state index in [0.717, 1.165) is 6.20 Å². The Bertz CT molecular complexity index is 805. The third kappa shape index (κ3) is 3.21. The molecule has 1 aromatic carbocycles. The summed E-state index contributed by atoms with van der Waals surface area (Å²) in [5, 5.41) is 10.1. The fourth-order valence-electron chi connectivity index (χ4n) is 1.47. The number of nitro groups is 1. The summed E-state index contributed by atoms with van der Waals surface area (Å²) in [4.78, 5) is 24.8. The number of pyridine rings is 1. The standard InChI is InChI=1S/C12H3ClF4N2O4/c13-11-7(19(21)22)1-4(3-18-11)12(20)23-10-8(16)5(14)2-6(15)9(10)17/h1-3H. The van der Waals surface area contributed by atoms with Gasteiger partial charge in [0.15, 0.2) is 11.6 Å². The van der Waals surface area contributed by atoms with Gasteiger partial charge in [0.05, 0.1) is 10.5 Å². The number of aromatic nitrogens is 1. The second-order valence-electron chi connectivity index (χ2n) is 3.98. The number of esters is 1. The maximum Gasteiger partial charge on any atom is 0.345 e. The van der Waals surface area contributed by atoms with Crippen LogP contribution in [0.1, 0.15) is 10.4 Å². The van der Waals surface area contributed by atoms with Gasteiger partial charge < -0.3 is 4.74 Å². The summed E-state index contributed by atoms with van der Waals surface area (Å²) in [6.07, 6.45) is 0.725. The Balaban J connectivity index is 2.41. The predicted octanol–water partition coefficient (Wildman–Crippen LogP) is 3.42. The Morgan fingerprint density at radius 3 is 2.26 bits per heavy atom. The van der Waals surface area contributed by atoms with E-state index < -0.39 is 56.3 Å². The topological polar surface area (TPSA) is 82.3 Å². The first-order chi connectivity index (χ1) is 10.7. The molecule has 2 rings (SSSR count). The third-order valence-electron chi connectivity index (χ3n) is 2.52. The highest BCUT2D eigenvalue weighted by atomic mass is 35.5. The van der Waals surface area contributed by atoms with Crippen molar-refractivity contribution >= 4 is 23.3 Å². The van der Waals surface area contributed by atoms with Gasteiger partial charge in [-0.2, -0.15) is 8.78 Å². The number of nitrogens with zero attached hydrogens (tertiary/aromatic N) is 2. The lowest BCUT2D eigenvalue weighted by molar-refractivity contribution is -0.385. The molecule has 6 nitrogen and oxygen atoms in total. The van der Waals surface area contributed by atoms with E-state index in [1.54, 1.807) is 0 Å². The third-order valence-corrected chi connectivity index (χ3v) is 2.81. The largest absolute Gasteiger partial charge is 0.416 e. The number of halogens is 5. The summed E-state index contributed by atoms with van der Waals surface area (Å²) < 4.78 is 57.0. The molecule has 23 heavy (non-hydrogen) atoms. The van der Waals surface area contributed by atoms with Gasteiger partial charge in [-0.1, -0.05) is 11.6 Å². The molecule has 0 saturated carbocycles. The normalized spacial score (nSPS) is 10.5. The molecule has 0 radical (unpaired) electrons. The lowest BCUT2D eigenvalue weighted by Crippen LogP contribution is -2.13. The highest BCUT2D eigenvalue weighted by molar-refractivity contribution is 6.31. The van der Waals surface area contributed by atoms with E-state index in [1.165, 1.54) is 0 Å². The molecular weight excluding hydrogens is 348 g/mol. The summed E-state index contributed by atoms with van der Waals surface area (Å²) in [7, 11) is 0. The summed E-state index contributed by atoms with van der Waals surface area (Å²) in [5.41, 5.74) is -1.38. The Labute approximate surface area is 129 Å². The van der Waals surface area contributed by atoms with Crippen molar-refractivity contribution in [2.24, 2.45) is 0 Å². The van der Waals surface area contributed by atoms with Crippen molar-refractivity contribution in [2.75, 3.05) is 0 Å². The van der Waals surface area contributed by atoms with Crippen molar-refractivity contribution in [3.05, 3.63) is 62.4 Å². The molecule has 0 bridgehead atoms. The second kappa shape index (κ2) is 6.16. The monoisotopic (exact) mass is 350 g/mol. The summed E-state index contributed by atoms with van der Waals surface area (Å²) >= 11 is 5.42. The first-order valence-corrected chi connectivity index (χ1v) is 5.95. The molecule has 1 aromatic heterocycles. The molecule has 1 heterocycles. The van der Waals surface area contributed by atoms with Gasteiger partial charge in [-0.15, -0.1) is 0 Å². The highest BCUT2D eigenvalue weighted by Gasteiger charge is 2.25. The lowest BCUT2D eigenvalue weighted by atomic mass is 10.2. The highest BCUT2D eigenvalue weighted by Crippen LogP contribution is 2.28. The van der Waals surface area contributed by atoms with Crippen molar-refractivity contribution in [1.82, 2.24) is 4.98 Å². The molecule has 0 amide bonds. The zero-order chi connectivity index (χ0) is 17.3. The lowest BCUT2D eigenvalue weighted by Gasteiger charge is -2.07. The Kier molecular flexibility index (Phi) is 4.45. The van der Waals surface area contributed by atoms with Crippen LogP contribution in [0.2, 0.25) is 5.15 Å². The van der Waals surface area contributed by atoms with Crippen LogP contribution >= 0.6 is 11.6 Å². The van der Waals surface area contributed by atoms with E-state index in [-0.39, 0.29) is 6.07 Å². The maximum absolute atomic E-state index is 13.4. The van der Waals surface area contributed by atoms with Crippen LogP contribution < -0.4 is 4.74 Å². The Hall–Kier alpha value is -2.75. The molecule has 0 aliphatic carbocycles. The molecule has 0 fully saturated rings. The van der Waals surface area contributed by atoms with Gasteiger partial charge in [-0.25, -0.2) is 18.6 Å². The molecule has 120 valence electrons. The Morgan fingerprint density at radius 2 is 1.74 bits per heavy atom.